The van der Waals surface area contributed by atoms with Crippen LogP contribution in [0.1, 0.15) is 23.2 Å². The molecule has 2 aromatic rings. The molecule has 3 heterocycles. The lowest BCUT2D eigenvalue weighted by molar-refractivity contribution is 0.0909. The summed E-state index contributed by atoms with van der Waals surface area (Å²) < 4.78 is 5.32. The zero-order chi connectivity index (χ0) is 15.6. The van der Waals surface area contributed by atoms with Gasteiger partial charge in [0.05, 0.1) is 6.26 Å². The highest BCUT2D eigenvalue weighted by molar-refractivity contribution is 7.99. The molecule has 120 valence electrons. The SMILES string of the molecule is O=C(N[C@@H]1C[C@@H]2CCN(C2)C1)c1ccc(Sc2ccco2)cc1. The molecule has 1 amide bonds. The number of fused-ring (bicyclic) bond motifs is 2. The minimum atomic E-state index is 0.0343. The predicted octanol–water partition coefficient (Wildman–Crippen LogP) is 3.25. The van der Waals surface area contributed by atoms with Crippen LogP contribution in [-0.4, -0.2) is 36.5 Å². The predicted molar refractivity (Wildman–Crippen MR) is 89.7 cm³/mol. The minimum absolute atomic E-state index is 0.0343. The smallest absolute Gasteiger partial charge is 0.251 e. The average Bonchev–Trinajstić information content (AvgIpc) is 3.18. The summed E-state index contributed by atoms with van der Waals surface area (Å²) in [5, 5.41) is 4.05. The first-order valence-corrected chi connectivity index (χ1v) is 8.92. The zero-order valence-electron chi connectivity index (χ0n) is 12.9. The Bertz CT molecular complexity index is 657. The Morgan fingerprint density at radius 3 is 2.83 bits per heavy atom. The molecule has 2 fully saturated rings. The number of amides is 1. The molecule has 3 atom stereocenters. The number of carbonyl (C=O) groups is 1. The van der Waals surface area contributed by atoms with Crippen molar-refractivity contribution in [3.8, 4) is 0 Å². The van der Waals surface area contributed by atoms with Crippen molar-refractivity contribution in [2.75, 3.05) is 19.6 Å². The number of piperidine rings is 1. The maximum Gasteiger partial charge on any atom is 0.251 e. The molecule has 2 aliphatic heterocycles. The molecule has 0 saturated carbocycles. The molecule has 23 heavy (non-hydrogen) atoms. The summed E-state index contributed by atoms with van der Waals surface area (Å²) in [7, 11) is 0. The molecular weight excluding hydrogens is 308 g/mol. The number of hydrogen-bond acceptors (Lipinski definition) is 4. The van der Waals surface area contributed by atoms with Gasteiger partial charge in [0, 0.05) is 29.6 Å². The van der Waals surface area contributed by atoms with E-state index < -0.39 is 0 Å². The van der Waals surface area contributed by atoms with Crippen LogP contribution < -0.4 is 5.32 Å². The average molecular weight is 328 g/mol. The summed E-state index contributed by atoms with van der Waals surface area (Å²) in [6, 6.07) is 11.8. The summed E-state index contributed by atoms with van der Waals surface area (Å²) in [6.45, 7) is 3.40. The second-order valence-corrected chi connectivity index (χ2v) is 7.46. The molecule has 1 aromatic heterocycles. The van der Waals surface area contributed by atoms with Crippen molar-refractivity contribution < 1.29 is 9.21 Å². The first-order chi connectivity index (χ1) is 11.3. The molecule has 1 unspecified atom stereocenters. The van der Waals surface area contributed by atoms with E-state index in [2.05, 4.69) is 10.2 Å². The minimum Gasteiger partial charge on any atom is -0.458 e. The molecule has 2 aliphatic rings. The van der Waals surface area contributed by atoms with E-state index in [1.807, 2.05) is 36.4 Å². The van der Waals surface area contributed by atoms with Gasteiger partial charge in [0.1, 0.15) is 0 Å². The lowest BCUT2D eigenvalue weighted by Gasteiger charge is -2.30. The fourth-order valence-corrected chi connectivity index (χ4v) is 4.30. The topological polar surface area (TPSA) is 45.5 Å². The Hall–Kier alpha value is -1.72. The van der Waals surface area contributed by atoms with Gasteiger partial charge in [0.25, 0.3) is 5.91 Å². The summed E-state index contributed by atoms with van der Waals surface area (Å²) in [5.74, 6) is 0.799. The van der Waals surface area contributed by atoms with Crippen LogP contribution in [0, 0.1) is 5.92 Å². The highest BCUT2D eigenvalue weighted by atomic mass is 32.2. The maximum atomic E-state index is 12.4. The van der Waals surface area contributed by atoms with Crippen molar-refractivity contribution in [1.82, 2.24) is 10.2 Å². The van der Waals surface area contributed by atoms with Gasteiger partial charge in [-0.3, -0.25) is 4.79 Å². The second kappa shape index (κ2) is 6.42. The molecule has 2 saturated heterocycles. The van der Waals surface area contributed by atoms with Crippen LogP contribution in [0.15, 0.2) is 57.1 Å². The fourth-order valence-electron chi connectivity index (χ4n) is 3.55. The maximum absolute atomic E-state index is 12.4. The number of carbonyl (C=O) groups excluding carboxylic acids is 1. The highest BCUT2D eigenvalue weighted by Crippen LogP contribution is 2.28. The van der Waals surface area contributed by atoms with Gasteiger partial charge in [-0.1, -0.05) is 11.8 Å². The molecule has 0 aliphatic carbocycles. The van der Waals surface area contributed by atoms with E-state index in [0.29, 0.717) is 6.04 Å². The number of rotatable bonds is 4. The van der Waals surface area contributed by atoms with Gasteiger partial charge < -0.3 is 14.6 Å². The standard InChI is InChI=1S/C18H20N2O2S/c21-18(19-15-10-13-7-8-20(11-13)12-15)14-3-5-16(6-4-14)23-17-2-1-9-22-17/h1-6,9,13,15H,7-8,10-12H2,(H,19,21)/t13-,15+/m0/s1. The first-order valence-electron chi connectivity index (χ1n) is 8.11. The number of nitrogens with zero attached hydrogens (tertiary/aromatic N) is 1. The third-order valence-corrected chi connectivity index (χ3v) is 5.57. The van der Waals surface area contributed by atoms with Gasteiger partial charge >= 0.3 is 0 Å². The van der Waals surface area contributed by atoms with Crippen LogP contribution in [0.2, 0.25) is 0 Å². The van der Waals surface area contributed by atoms with Gasteiger partial charge in [-0.15, -0.1) is 0 Å². The molecule has 2 bridgehead atoms. The van der Waals surface area contributed by atoms with Gasteiger partial charge in [-0.2, -0.15) is 0 Å². The van der Waals surface area contributed by atoms with Crippen LogP contribution >= 0.6 is 11.8 Å². The van der Waals surface area contributed by atoms with Crippen LogP contribution in [0.4, 0.5) is 0 Å². The molecule has 4 nitrogen and oxygen atoms in total. The largest absolute Gasteiger partial charge is 0.458 e. The number of nitrogens with one attached hydrogen (secondary N) is 1. The van der Waals surface area contributed by atoms with Crippen molar-refractivity contribution >= 4 is 17.7 Å². The highest BCUT2D eigenvalue weighted by Gasteiger charge is 2.32. The van der Waals surface area contributed by atoms with Gasteiger partial charge in [-0.05, 0) is 61.7 Å². The van der Waals surface area contributed by atoms with Crippen molar-refractivity contribution in [3.63, 3.8) is 0 Å². The molecule has 1 N–H and O–H groups in total. The molecular formula is C18H20N2O2S. The molecule has 0 spiro atoms. The van der Waals surface area contributed by atoms with Crippen molar-refractivity contribution in [2.24, 2.45) is 5.92 Å². The van der Waals surface area contributed by atoms with Crippen LogP contribution in [0.5, 0.6) is 0 Å². The Labute approximate surface area is 140 Å². The lowest BCUT2D eigenvalue weighted by atomic mass is 9.96. The summed E-state index contributed by atoms with van der Waals surface area (Å²) >= 11 is 1.55. The van der Waals surface area contributed by atoms with E-state index in [0.717, 1.165) is 34.4 Å². The summed E-state index contributed by atoms with van der Waals surface area (Å²) in [4.78, 5) is 15.9. The van der Waals surface area contributed by atoms with Crippen molar-refractivity contribution in [1.29, 1.82) is 0 Å². The van der Waals surface area contributed by atoms with E-state index >= 15 is 0 Å². The zero-order valence-corrected chi connectivity index (χ0v) is 13.7. The fraction of sp³-hybridized carbons (Fsp3) is 0.389. The van der Waals surface area contributed by atoms with Crippen LogP contribution in [-0.2, 0) is 0 Å². The molecule has 4 rings (SSSR count). The number of benzene rings is 1. The molecule has 0 radical (unpaired) electrons. The molecule has 1 aromatic carbocycles. The van der Waals surface area contributed by atoms with Gasteiger partial charge in [-0.25, -0.2) is 0 Å². The van der Waals surface area contributed by atoms with Crippen LogP contribution in [0.25, 0.3) is 0 Å². The Morgan fingerprint density at radius 2 is 2.09 bits per heavy atom. The van der Waals surface area contributed by atoms with Crippen LogP contribution in [0.3, 0.4) is 0 Å². The van der Waals surface area contributed by atoms with E-state index in [1.165, 1.54) is 19.5 Å². The van der Waals surface area contributed by atoms with E-state index in [9.17, 15) is 4.79 Å². The third kappa shape index (κ3) is 3.46. The third-order valence-electron chi connectivity index (χ3n) is 4.63. The Balaban J connectivity index is 1.36. The molecule has 5 heteroatoms. The Kier molecular flexibility index (Phi) is 4.14. The first kappa shape index (κ1) is 14.8. The normalized spacial score (nSPS) is 26.2. The van der Waals surface area contributed by atoms with E-state index in [4.69, 9.17) is 4.42 Å². The van der Waals surface area contributed by atoms with E-state index in [1.54, 1.807) is 18.0 Å². The summed E-state index contributed by atoms with van der Waals surface area (Å²) in [6.07, 6.45) is 4.07. The van der Waals surface area contributed by atoms with Crippen molar-refractivity contribution in [3.05, 3.63) is 48.2 Å². The monoisotopic (exact) mass is 328 g/mol. The number of hydrogen-bond donors (Lipinski definition) is 1. The van der Waals surface area contributed by atoms with Gasteiger partial charge in [0.15, 0.2) is 5.09 Å². The summed E-state index contributed by atoms with van der Waals surface area (Å²) in [5.41, 5.74) is 0.724. The van der Waals surface area contributed by atoms with Gasteiger partial charge in [0.2, 0.25) is 0 Å². The van der Waals surface area contributed by atoms with Crippen molar-refractivity contribution in [2.45, 2.75) is 28.9 Å². The number of furan rings is 1. The Morgan fingerprint density at radius 1 is 1.22 bits per heavy atom. The second-order valence-electron chi connectivity index (χ2n) is 6.38. The lowest BCUT2D eigenvalue weighted by Crippen LogP contribution is -2.47. The quantitative estimate of drug-likeness (QED) is 0.936. The van der Waals surface area contributed by atoms with E-state index in [-0.39, 0.29) is 5.91 Å².